The molecule has 90 valence electrons. The highest BCUT2D eigenvalue weighted by atomic mass is 15.3. The van der Waals surface area contributed by atoms with Gasteiger partial charge in [0.15, 0.2) is 0 Å². The van der Waals surface area contributed by atoms with Crippen LogP contribution in [0, 0.1) is 6.92 Å². The molecule has 0 fully saturated rings. The maximum atomic E-state index is 5.80. The summed E-state index contributed by atoms with van der Waals surface area (Å²) in [6.45, 7) is 6.91. The van der Waals surface area contributed by atoms with Gasteiger partial charge >= 0.3 is 0 Å². The molecular weight excluding hydrogens is 210 g/mol. The zero-order valence-electron chi connectivity index (χ0n) is 10.6. The summed E-state index contributed by atoms with van der Waals surface area (Å²) in [5.74, 6) is 0. The molecule has 2 rings (SSSR count). The lowest BCUT2D eigenvalue weighted by Crippen LogP contribution is -2.07. The molecule has 0 aliphatic rings. The van der Waals surface area contributed by atoms with Crippen molar-refractivity contribution in [3.8, 4) is 11.3 Å². The average molecular weight is 229 g/mol. The second-order valence-electron chi connectivity index (χ2n) is 4.58. The van der Waals surface area contributed by atoms with Gasteiger partial charge in [0.25, 0.3) is 0 Å². The lowest BCUT2D eigenvalue weighted by Gasteiger charge is -2.14. The van der Waals surface area contributed by atoms with Gasteiger partial charge in [-0.2, -0.15) is 5.10 Å². The molecule has 0 spiro atoms. The highest BCUT2D eigenvalue weighted by Gasteiger charge is 2.15. The first kappa shape index (κ1) is 11.9. The van der Waals surface area contributed by atoms with Gasteiger partial charge in [0.1, 0.15) is 0 Å². The van der Waals surface area contributed by atoms with Gasteiger partial charge in [-0.05, 0) is 26.3 Å². The molecule has 1 aromatic heterocycles. The Morgan fingerprint density at radius 1 is 1.29 bits per heavy atom. The standard InChI is InChI=1S/C14H19N3/c1-10(2)17-14(12(8-15)9-16-17)13-7-5-4-6-11(13)3/h4-7,9-10H,8,15H2,1-3H3. The molecular formula is C14H19N3. The summed E-state index contributed by atoms with van der Waals surface area (Å²) in [6.07, 6.45) is 1.88. The van der Waals surface area contributed by atoms with Crippen LogP contribution >= 0.6 is 0 Å². The third-order valence-corrected chi connectivity index (χ3v) is 2.98. The molecule has 0 saturated carbocycles. The Morgan fingerprint density at radius 3 is 2.59 bits per heavy atom. The molecule has 0 saturated heterocycles. The second-order valence-corrected chi connectivity index (χ2v) is 4.58. The van der Waals surface area contributed by atoms with Crippen LogP contribution in [0.15, 0.2) is 30.5 Å². The fourth-order valence-electron chi connectivity index (χ4n) is 2.07. The molecule has 3 nitrogen and oxygen atoms in total. The average Bonchev–Trinajstić information content (AvgIpc) is 2.73. The van der Waals surface area contributed by atoms with Crippen LogP contribution in [0.1, 0.15) is 31.0 Å². The smallest absolute Gasteiger partial charge is 0.0732 e. The minimum Gasteiger partial charge on any atom is -0.326 e. The van der Waals surface area contributed by atoms with Crippen molar-refractivity contribution in [3.63, 3.8) is 0 Å². The zero-order chi connectivity index (χ0) is 12.4. The van der Waals surface area contributed by atoms with Crippen LogP contribution in [0.3, 0.4) is 0 Å². The first-order valence-electron chi connectivity index (χ1n) is 5.97. The van der Waals surface area contributed by atoms with Crippen LogP contribution < -0.4 is 5.73 Å². The monoisotopic (exact) mass is 229 g/mol. The van der Waals surface area contributed by atoms with Crippen molar-refractivity contribution in [1.82, 2.24) is 9.78 Å². The summed E-state index contributed by atoms with van der Waals surface area (Å²) in [4.78, 5) is 0. The number of hydrogen-bond acceptors (Lipinski definition) is 2. The molecule has 2 aromatic rings. The summed E-state index contributed by atoms with van der Waals surface area (Å²) in [5, 5.41) is 4.44. The van der Waals surface area contributed by atoms with Gasteiger partial charge in [-0.25, -0.2) is 0 Å². The third kappa shape index (κ3) is 2.11. The Balaban J connectivity index is 2.64. The Hall–Kier alpha value is -1.61. The van der Waals surface area contributed by atoms with E-state index < -0.39 is 0 Å². The van der Waals surface area contributed by atoms with Crippen LogP contribution in [-0.4, -0.2) is 9.78 Å². The molecule has 0 amide bonds. The molecule has 0 unspecified atom stereocenters. The van der Waals surface area contributed by atoms with Crippen LogP contribution in [0.5, 0.6) is 0 Å². The maximum Gasteiger partial charge on any atom is 0.0732 e. The number of rotatable bonds is 3. The third-order valence-electron chi connectivity index (χ3n) is 2.98. The van der Waals surface area contributed by atoms with Crippen LogP contribution in [-0.2, 0) is 6.54 Å². The van der Waals surface area contributed by atoms with E-state index in [1.807, 2.05) is 10.9 Å². The van der Waals surface area contributed by atoms with Crippen molar-refractivity contribution in [3.05, 3.63) is 41.6 Å². The zero-order valence-corrected chi connectivity index (χ0v) is 10.6. The SMILES string of the molecule is Cc1ccccc1-c1c(CN)cnn1C(C)C. The fraction of sp³-hybridized carbons (Fsp3) is 0.357. The van der Waals surface area contributed by atoms with E-state index in [2.05, 4.69) is 50.1 Å². The van der Waals surface area contributed by atoms with Gasteiger partial charge in [-0.15, -0.1) is 0 Å². The lowest BCUT2D eigenvalue weighted by atomic mass is 10.0. The van der Waals surface area contributed by atoms with Crippen molar-refractivity contribution in [2.24, 2.45) is 5.73 Å². The van der Waals surface area contributed by atoms with E-state index in [-0.39, 0.29) is 0 Å². The first-order chi connectivity index (χ1) is 8.15. The number of aryl methyl sites for hydroxylation is 1. The van der Waals surface area contributed by atoms with E-state index in [0.29, 0.717) is 12.6 Å². The molecule has 1 aromatic carbocycles. The van der Waals surface area contributed by atoms with Crippen LogP contribution in [0.4, 0.5) is 0 Å². The van der Waals surface area contributed by atoms with E-state index in [9.17, 15) is 0 Å². The van der Waals surface area contributed by atoms with E-state index in [1.165, 1.54) is 11.1 Å². The highest BCUT2D eigenvalue weighted by Crippen LogP contribution is 2.28. The van der Waals surface area contributed by atoms with Crippen molar-refractivity contribution in [2.45, 2.75) is 33.4 Å². The molecule has 2 N–H and O–H groups in total. The van der Waals surface area contributed by atoms with Crippen molar-refractivity contribution in [1.29, 1.82) is 0 Å². The summed E-state index contributed by atoms with van der Waals surface area (Å²) < 4.78 is 2.05. The molecule has 0 radical (unpaired) electrons. The second kappa shape index (κ2) is 4.72. The van der Waals surface area contributed by atoms with Crippen molar-refractivity contribution in [2.75, 3.05) is 0 Å². The van der Waals surface area contributed by atoms with E-state index >= 15 is 0 Å². The molecule has 17 heavy (non-hydrogen) atoms. The van der Waals surface area contributed by atoms with Gasteiger partial charge in [-0.3, -0.25) is 4.68 Å². The number of nitrogens with two attached hydrogens (primary N) is 1. The quantitative estimate of drug-likeness (QED) is 0.879. The molecule has 0 aliphatic carbocycles. The topological polar surface area (TPSA) is 43.8 Å². The van der Waals surface area contributed by atoms with Gasteiger partial charge < -0.3 is 5.73 Å². The predicted octanol–water partition coefficient (Wildman–Crippen LogP) is 2.90. The number of benzene rings is 1. The highest BCUT2D eigenvalue weighted by molar-refractivity contribution is 5.67. The summed E-state index contributed by atoms with van der Waals surface area (Å²) in [6, 6.07) is 8.69. The van der Waals surface area contributed by atoms with Crippen molar-refractivity contribution >= 4 is 0 Å². The predicted molar refractivity (Wildman–Crippen MR) is 70.7 cm³/mol. The number of nitrogens with zero attached hydrogens (tertiary/aromatic N) is 2. The van der Waals surface area contributed by atoms with Gasteiger partial charge in [0.2, 0.25) is 0 Å². The van der Waals surface area contributed by atoms with Crippen LogP contribution in [0.25, 0.3) is 11.3 Å². The number of aromatic nitrogens is 2. The Bertz CT molecular complexity index is 512. The molecule has 0 bridgehead atoms. The Kier molecular flexibility index (Phi) is 3.29. The first-order valence-corrected chi connectivity index (χ1v) is 5.97. The van der Waals surface area contributed by atoms with Gasteiger partial charge in [0, 0.05) is 23.7 Å². The van der Waals surface area contributed by atoms with Crippen LogP contribution in [0.2, 0.25) is 0 Å². The summed E-state index contributed by atoms with van der Waals surface area (Å²) in [7, 11) is 0. The van der Waals surface area contributed by atoms with Gasteiger partial charge in [0.05, 0.1) is 11.9 Å². The van der Waals surface area contributed by atoms with E-state index in [0.717, 1.165) is 11.3 Å². The molecule has 3 heteroatoms. The Labute approximate surface area is 102 Å². The molecule has 1 heterocycles. The van der Waals surface area contributed by atoms with Gasteiger partial charge in [-0.1, -0.05) is 24.3 Å². The molecule has 0 aliphatic heterocycles. The summed E-state index contributed by atoms with van der Waals surface area (Å²) >= 11 is 0. The summed E-state index contributed by atoms with van der Waals surface area (Å²) in [5.41, 5.74) is 10.5. The Morgan fingerprint density at radius 2 is 2.00 bits per heavy atom. The normalized spacial score (nSPS) is 11.1. The largest absolute Gasteiger partial charge is 0.326 e. The van der Waals surface area contributed by atoms with E-state index in [4.69, 9.17) is 5.73 Å². The minimum atomic E-state index is 0.338. The van der Waals surface area contributed by atoms with Crippen molar-refractivity contribution < 1.29 is 0 Å². The lowest BCUT2D eigenvalue weighted by molar-refractivity contribution is 0.538. The number of hydrogen-bond donors (Lipinski definition) is 1. The molecule has 0 atom stereocenters. The van der Waals surface area contributed by atoms with E-state index in [1.54, 1.807) is 0 Å². The minimum absolute atomic E-state index is 0.338. The maximum absolute atomic E-state index is 5.80. The fourth-order valence-corrected chi connectivity index (χ4v) is 2.07.